The predicted molar refractivity (Wildman–Crippen MR) is 94.9 cm³/mol. The van der Waals surface area contributed by atoms with Crippen LogP contribution in [0.5, 0.6) is 0 Å². The molecule has 1 saturated heterocycles. The molecule has 0 spiro atoms. The number of alkyl carbamates (subject to hydrolysis) is 1. The van der Waals surface area contributed by atoms with E-state index in [-0.39, 0.29) is 12.1 Å². The van der Waals surface area contributed by atoms with E-state index < -0.39 is 0 Å². The van der Waals surface area contributed by atoms with Crippen molar-refractivity contribution in [1.82, 2.24) is 15.5 Å². The summed E-state index contributed by atoms with van der Waals surface area (Å²) in [6.45, 7) is 5.18. The first-order valence-electron chi connectivity index (χ1n) is 9.22. The van der Waals surface area contributed by atoms with Crippen molar-refractivity contribution in [3.8, 4) is 0 Å². The highest BCUT2D eigenvalue weighted by molar-refractivity contribution is 5.67. The van der Waals surface area contributed by atoms with E-state index >= 15 is 0 Å². The number of likely N-dealkylation sites (tertiary alicyclic amines) is 1. The Morgan fingerprint density at radius 3 is 2.62 bits per heavy atom. The van der Waals surface area contributed by atoms with E-state index in [0.29, 0.717) is 12.6 Å². The van der Waals surface area contributed by atoms with E-state index in [1.165, 1.54) is 38.9 Å². The first-order valence-corrected chi connectivity index (χ1v) is 9.22. The van der Waals surface area contributed by atoms with E-state index in [9.17, 15) is 4.79 Å². The molecule has 1 aliphatic heterocycles. The van der Waals surface area contributed by atoms with E-state index in [4.69, 9.17) is 4.74 Å². The molecule has 0 atom stereocenters. The fraction of sp³-hybridized carbons (Fsp3) is 0.632. The second-order valence-electron chi connectivity index (χ2n) is 6.93. The smallest absolute Gasteiger partial charge is 0.407 e. The molecule has 1 aliphatic carbocycles. The van der Waals surface area contributed by atoms with Crippen LogP contribution in [0.1, 0.15) is 37.7 Å². The molecule has 132 valence electrons. The Hall–Kier alpha value is -1.59. The number of amides is 1. The average molecular weight is 331 g/mol. The molecule has 2 fully saturated rings. The first kappa shape index (κ1) is 17.2. The number of carbonyl (C=O) groups excluding carboxylic acids is 1. The van der Waals surface area contributed by atoms with Gasteiger partial charge in [-0.25, -0.2) is 4.79 Å². The molecule has 1 heterocycles. The number of nitrogens with one attached hydrogen (secondary N) is 2. The molecule has 2 N–H and O–H groups in total. The van der Waals surface area contributed by atoms with Gasteiger partial charge in [0.1, 0.15) is 6.61 Å². The number of ether oxygens (including phenoxy) is 1. The fourth-order valence-electron chi connectivity index (χ4n) is 3.45. The Labute approximate surface area is 144 Å². The van der Waals surface area contributed by atoms with Crippen molar-refractivity contribution >= 4 is 6.09 Å². The van der Waals surface area contributed by atoms with Gasteiger partial charge in [0.2, 0.25) is 0 Å². The fourth-order valence-corrected chi connectivity index (χ4v) is 3.45. The van der Waals surface area contributed by atoms with Gasteiger partial charge in [0, 0.05) is 12.1 Å². The normalized spacial score (nSPS) is 23.7. The third-order valence-corrected chi connectivity index (χ3v) is 4.96. The van der Waals surface area contributed by atoms with Gasteiger partial charge in [-0.15, -0.1) is 0 Å². The highest BCUT2D eigenvalue weighted by Crippen LogP contribution is 2.20. The Bertz CT molecular complexity index is 497. The van der Waals surface area contributed by atoms with Crippen LogP contribution in [0.25, 0.3) is 0 Å². The van der Waals surface area contributed by atoms with Gasteiger partial charge in [-0.3, -0.25) is 0 Å². The minimum atomic E-state index is -0.309. The summed E-state index contributed by atoms with van der Waals surface area (Å²) in [5.41, 5.74) is 1.01. The third-order valence-electron chi connectivity index (χ3n) is 4.96. The zero-order chi connectivity index (χ0) is 16.6. The second kappa shape index (κ2) is 9.04. The number of benzene rings is 1. The van der Waals surface area contributed by atoms with Gasteiger partial charge in [0.15, 0.2) is 0 Å². The van der Waals surface area contributed by atoms with Crippen molar-refractivity contribution in [2.24, 2.45) is 0 Å². The molecule has 5 nitrogen and oxygen atoms in total. The lowest BCUT2D eigenvalue weighted by atomic mass is 9.87. The summed E-state index contributed by atoms with van der Waals surface area (Å²) >= 11 is 0. The SMILES string of the molecule is O=C(NC1CC(NCCCN2CCCC2)C1)OCc1ccccc1. The van der Waals surface area contributed by atoms with Crippen molar-refractivity contribution in [2.45, 2.75) is 50.8 Å². The second-order valence-corrected chi connectivity index (χ2v) is 6.93. The molecule has 3 rings (SSSR count). The van der Waals surface area contributed by atoms with Crippen LogP contribution in [0.15, 0.2) is 30.3 Å². The van der Waals surface area contributed by atoms with E-state index in [0.717, 1.165) is 24.9 Å². The first-order chi connectivity index (χ1) is 11.8. The van der Waals surface area contributed by atoms with Gasteiger partial charge in [-0.2, -0.15) is 0 Å². The van der Waals surface area contributed by atoms with Crippen LogP contribution < -0.4 is 10.6 Å². The summed E-state index contributed by atoms with van der Waals surface area (Å²) in [7, 11) is 0. The van der Waals surface area contributed by atoms with Gasteiger partial charge in [0.25, 0.3) is 0 Å². The molecular weight excluding hydrogens is 302 g/mol. The maximum Gasteiger partial charge on any atom is 0.407 e. The van der Waals surface area contributed by atoms with Crippen LogP contribution in [0, 0.1) is 0 Å². The van der Waals surface area contributed by atoms with E-state index in [1.54, 1.807) is 0 Å². The Morgan fingerprint density at radius 2 is 1.88 bits per heavy atom. The Kier molecular flexibility index (Phi) is 6.49. The maximum atomic E-state index is 11.8. The zero-order valence-corrected chi connectivity index (χ0v) is 14.4. The lowest BCUT2D eigenvalue weighted by Gasteiger charge is -2.36. The summed E-state index contributed by atoms with van der Waals surface area (Å²) in [5, 5.41) is 6.53. The standard InChI is InChI=1S/C19H29N3O2/c23-19(24-15-16-7-2-1-3-8-16)21-18-13-17(14-18)20-9-6-12-22-10-4-5-11-22/h1-3,7-8,17-18,20H,4-6,9-15H2,(H,21,23). The maximum absolute atomic E-state index is 11.8. The number of rotatable bonds is 8. The van der Waals surface area contributed by atoms with Crippen molar-refractivity contribution in [1.29, 1.82) is 0 Å². The van der Waals surface area contributed by atoms with Gasteiger partial charge < -0.3 is 20.3 Å². The number of hydrogen-bond donors (Lipinski definition) is 2. The van der Waals surface area contributed by atoms with Crippen LogP contribution >= 0.6 is 0 Å². The molecule has 1 saturated carbocycles. The van der Waals surface area contributed by atoms with Crippen molar-refractivity contribution in [3.05, 3.63) is 35.9 Å². The largest absolute Gasteiger partial charge is 0.445 e. The zero-order valence-electron chi connectivity index (χ0n) is 14.4. The minimum Gasteiger partial charge on any atom is -0.445 e. The highest BCUT2D eigenvalue weighted by Gasteiger charge is 2.30. The third kappa shape index (κ3) is 5.49. The van der Waals surface area contributed by atoms with Crippen LogP contribution in [0.4, 0.5) is 4.79 Å². The monoisotopic (exact) mass is 331 g/mol. The molecule has 0 unspecified atom stereocenters. The lowest BCUT2D eigenvalue weighted by molar-refractivity contribution is 0.125. The summed E-state index contributed by atoms with van der Waals surface area (Å²) in [6.07, 6.45) is 5.64. The number of hydrogen-bond acceptors (Lipinski definition) is 4. The van der Waals surface area contributed by atoms with Crippen LogP contribution in [0.2, 0.25) is 0 Å². The highest BCUT2D eigenvalue weighted by atomic mass is 16.5. The topological polar surface area (TPSA) is 53.6 Å². The van der Waals surface area contributed by atoms with Crippen LogP contribution in [0.3, 0.4) is 0 Å². The molecule has 0 aromatic heterocycles. The Morgan fingerprint density at radius 1 is 1.12 bits per heavy atom. The molecule has 24 heavy (non-hydrogen) atoms. The summed E-state index contributed by atoms with van der Waals surface area (Å²) in [5.74, 6) is 0. The van der Waals surface area contributed by atoms with Crippen molar-refractivity contribution < 1.29 is 9.53 Å². The lowest BCUT2D eigenvalue weighted by Crippen LogP contribution is -2.52. The minimum absolute atomic E-state index is 0.254. The molecule has 2 aliphatic rings. The van der Waals surface area contributed by atoms with E-state index in [1.807, 2.05) is 30.3 Å². The molecule has 1 aromatic carbocycles. The molecule has 0 radical (unpaired) electrons. The van der Waals surface area contributed by atoms with Crippen molar-refractivity contribution in [3.63, 3.8) is 0 Å². The van der Waals surface area contributed by atoms with Gasteiger partial charge in [-0.05, 0) is 63.8 Å². The Balaban J connectivity index is 1.20. The van der Waals surface area contributed by atoms with Gasteiger partial charge in [-0.1, -0.05) is 30.3 Å². The predicted octanol–water partition coefficient (Wildman–Crippen LogP) is 2.52. The summed E-state index contributed by atoms with van der Waals surface area (Å²) < 4.78 is 5.25. The number of nitrogens with zero attached hydrogens (tertiary/aromatic N) is 1. The summed E-state index contributed by atoms with van der Waals surface area (Å²) in [6, 6.07) is 10.6. The molecule has 1 amide bonds. The van der Waals surface area contributed by atoms with Gasteiger partial charge in [0.05, 0.1) is 0 Å². The van der Waals surface area contributed by atoms with Crippen LogP contribution in [-0.4, -0.2) is 49.3 Å². The quantitative estimate of drug-likeness (QED) is 0.719. The van der Waals surface area contributed by atoms with Crippen LogP contribution in [-0.2, 0) is 11.3 Å². The van der Waals surface area contributed by atoms with E-state index in [2.05, 4.69) is 15.5 Å². The molecule has 5 heteroatoms. The average Bonchev–Trinajstić information content (AvgIpc) is 3.08. The molecular formula is C19H29N3O2. The molecule has 1 aromatic rings. The van der Waals surface area contributed by atoms with Crippen molar-refractivity contribution in [2.75, 3.05) is 26.2 Å². The summed E-state index contributed by atoms with van der Waals surface area (Å²) in [4.78, 5) is 14.3. The number of carbonyl (C=O) groups is 1. The molecule has 0 bridgehead atoms. The van der Waals surface area contributed by atoms with Gasteiger partial charge >= 0.3 is 6.09 Å².